The standard InChI is InChI=1S/C25H26O4/c1-3-27-25-15-20(26-2)12-13-22(25)23-14-10-19-9-11-21(16-24(19)29-23)28-17-18-7-5-4-6-8-18/h4-9,11-13,15-16,23H,3,10,14,17H2,1-2H3. The molecule has 1 aliphatic rings. The molecule has 0 aliphatic carbocycles. The van der Waals surface area contributed by atoms with Crippen molar-refractivity contribution < 1.29 is 18.9 Å². The maximum Gasteiger partial charge on any atom is 0.129 e. The summed E-state index contributed by atoms with van der Waals surface area (Å²) in [6, 6.07) is 22.2. The van der Waals surface area contributed by atoms with Crippen molar-refractivity contribution in [3.63, 3.8) is 0 Å². The molecule has 150 valence electrons. The van der Waals surface area contributed by atoms with Gasteiger partial charge in [-0.3, -0.25) is 0 Å². The number of hydrogen-bond donors (Lipinski definition) is 0. The Labute approximate surface area is 172 Å². The fourth-order valence-electron chi connectivity index (χ4n) is 3.59. The molecule has 0 saturated carbocycles. The quantitative estimate of drug-likeness (QED) is 0.515. The van der Waals surface area contributed by atoms with Crippen LogP contribution in [0, 0.1) is 0 Å². The van der Waals surface area contributed by atoms with Gasteiger partial charge in [0.1, 0.15) is 35.7 Å². The molecule has 1 atom stereocenters. The third-order valence-corrected chi connectivity index (χ3v) is 5.10. The second-order valence-electron chi connectivity index (χ2n) is 7.03. The Hall–Kier alpha value is -3.14. The SMILES string of the molecule is CCOc1cc(OC)ccc1C1CCc2ccc(OCc3ccccc3)cc2O1. The maximum atomic E-state index is 6.37. The molecule has 1 aliphatic heterocycles. The van der Waals surface area contributed by atoms with E-state index in [0.29, 0.717) is 13.2 Å². The van der Waals surface area contributed by atoms with Gasteiger partial charge in [-0.2, -0.15) is 0 Å². The Morgan fingerprint density at radius 2 is 1.76 bits per heavy atom. The molecule has 4 heteroatoms. The number of hydrogen-bond acceptors (Lipinski definition) is 4. The molecule has 1 heterocycles. The molecule has 3 aromatic carbocycles. The van der Waals surface area contributed by atoms with Crippen LogP contribution in [0.3, 0.4) is 0 Å². The zero-order valence-corrected chi connectivity index (χ0v) is 16.9. The fraction of sp³-hybridized carbons (Fsp3) is 0.280. The molecule has 29 heavy (non-hydrogen) atoms. The lowest BCUT2D eigenvalue weighted by atomic mass is 9.96. The van der Waals surface area contributed by atoms with Crippen molar-refractivity contribution in [2.24, 2.45) is 0 Å². The van der Waals surface area contributed by atoms with E-state index in [2.05, 4.69) is 18.2 Å². The van der Waals surface area contributed by atoms with Gasteiger partial charge in [-0.1, -0.05) is 36.4 Å². The van der Waals surface area contributed by atoms with Gasteiger partial charge in [0.05, 0.1) is 13.7 Å². The van der Waals surface area contributed by atoms with E-state index in [1.165, 1.54) is 5.56 Å². The summed E-state index contributed by atoms with van der Waals surface area (Å²) in [6.45, 7) is 3.12. The zero-order chi connectivity index (χ0) is 20.1. The molecule has 0 radical (unpaired) electrons. The molecule has 0 saturated heterocycles. The first-order valence-electron chi connectivity index (χ1n) is 10.0. The second kappa shape index (κ2) is 8.91. The average Bonchev–Trinajstić information content (AvgIpc) is 2.78. The molecule has 1 unspecified atom stereocenters. The molecular weight excluding hydrogens is 364 g/mol. The minimum Gasteiger partial charge on any atom is -0.497 e. The van der Waals surface area contributed by atoms with E-state index < -0.39 is 0 Å². The lowest BCUT2D eigenvalue weighted by molar-refractivity contribution is 0.169. The Balaban J connectivity index is 1.52. The molecular formula is C25H26O4. The molecule has 0 bridgehead atoms. The maximum absolute atomic E-state index is 6.37. The van der Waals surface area contributed by atoms with E-state index in [9.17, 15) is 0 Å². The van der Waals surface area contributed by atoms with Gasteiger partial charge < -0.3 is 18.9 Å². The van der Waals surface area contributed by atoms with Crippen LogP contribution in [-0.4, -0.2) is 13.7 Å². The Bertz CT molecular complexity index is 952. The summed E-state index contributed by atoms with van der Waals surface area (Å²) in [4.78, 5) is 0. The molecule has 0 fully saturated rings. The van der Waals surface area contributed by atoms with E-state index >= 15 is 0 Å². The van der Waals surface area contributed by atoms with E-state index in [1.807, 2.05) is 55.5 Å². The van der Waals surface area contributed by atoms with Crippen molar-refractivity contribution in [1.82, 2.24) is 0 Å². The first-order valence-corrected chi connectivity index (χ1v) is 10.0. The van der Waals surface area contributed by atoms with Crippen LogP contribution < -0.4 is 18.9 Å². The van der Waals surface area contributed by atoms with Crippen molar-refractivity contribution in [2.45, 2.75) is 32.5 Å². The largest absolute Gasteiger partial charge is 0.497 e. The van der Waals surface area contributed by atoms with Gasteiger partial charge in [0.25, 0.3) is 0 Å². The Morgan fingerprint density at radius 3 is 2.55 bits per heavy atom. The third-order valence-electron chi connectivity index (χ3n) is 5.10. The van der Waals surface area contributed by atoms with Crippen LogP contribution in [0.4, 0.5) is 0 Å². The lowest BCUT2D eigenvalue weighted by Crippen LogP contribution is -2.16. The predicted molar refractivity (Wildman–Crippen MR) is 113 cm³/mol. The smallest absolute Gasteiger partial charge is 0.129 e. The normalized spacial score (nSPS) is 15.2. The number of aryl methyl sites for hydroxylation is 1. The first-order chi connectivity index (χ1) is 14.3. The molecule has 0 N–H and O–H groups in total. The van der Waals surface area contributed by atoms with Crippen molar-refractivity contribution in [1.29, 1.82) is 0 Å². The zero-order valence-electron chi connectivity index (χ0n) is 16.9. The third kappa shape index (κ3) is 4.48. The number of benzene rings is 3. The topological polar surface area (TPSA) is 36.9 Å². The van der Waals surface area contributed by atoms with Gasteiger partial charge in [-0.25, -0.2) is 0 Å². The summed E-state index contributed by atoms with van der Waals surface area (Å²) in [5.74, 6) is 3.29. The van der Waals surface area contributed by atoms with Crippen molar-refractivity contribution in [2.75, 3.05) is 13.7 Å². The molecule has 4 rings (SSSR count). The number of ether oxygens (including phenoxy) is 4. The van der Waals surface area contributed by atoms with Gasteiger partial charge >= 0.3 is 0 Å². The minimum atomic E-state index is -0.0562. The molecule has 3 aromatic rings. The van der Waals surface area contributed by atoms with Gasteiger partial charge in [0, 0.05) is 17.7 Å². The summed E-state index contributed by atoms with van der Waals surface area (Å²) < 4.78 is 23.5. The number of rotatable bonds is 7. The fourth-order valence-corrected chi connectivity index (χ4v) is 3.59. The Kier molecular flexibility index (Phi) is 5.89. The second-order valence-corrected chi connectivity index (χ2v) is 7.03. The molecule has 0 amide bonds. The highest BCUT2D eigenvalue weighted by molar-refractivity contribution is 5.46. The number of fused-ring (bicyclic) bond motifs is 1. The van der Waals surface area contributed by atoms with Crippen LogP contribution in [0.5, 0.6) is 23.0 Å². The van der Waals surface area contributed by atoms with Crippen LogP contribution in [0.15, 0.2) is 66.7 Å². The summed E-state index contributed by atoms with van der Waals surface area (Å²) in [5.41, 5.74) is 3.40. The summed E-state index contributed by atoms with van der Waals surface area (Å²) in [5, 5.41) is 0. The highest BCUT2D eigenvalue weighted by Crippen LogP contribution is 2.40. The van der Waals surface area contributed by atoms with Crippen molar-refractivity contribution in [3.05, 3.63) is 83.4 Å². The number of methoxy groups -OCH3 is 1. The van der Waals surface area contributed by atoms with Gasteiger partial charge in [0.15, 0.2) is 0 Å². The van der Waals surface area contributed by atoms with Crippen molar-refractivity contribution >= 4 is 0 Å². The van der Waals surface area contributed by atoms with E-state index in [0.717, 1.165) is 47.0 Å². The highest BCUT2D eigenvalue weighted by Gasteiger charge is 2.25. The lowest BCUT2D eigenvalue weighted by Gasteiger charge is -2.28. The van der Waals surface area contributed by atoms with Gasteiger partial charge in [-0.05, 0) is 49.1 Å². The van der Waals surface area contributed by atoms with Crippen molar-refractivity contribution in [3.8, 4) is 23.0 Å². The Morgan fingerprint density at radius 1 is 0.931 bits per heavy atom. The summed E-state index contributed by atoms with van der Waals surface area (Å²) in [6.07, 6.45) is 1.81. The molecule has 0 aromatic heterocycles. The van der Waals surface area contributed by atoms with E-state index in [1.54, 1.807) is 7.11 Å². The minimum absolute atomic E-state index is 0.0562. The monoisotopic (exact) mass is 390 g/mol. The molecule has 0 spiro atoms. The summed E-state index contributed by atoms with van der Waals surface area (Å²) >= 11 is 0. The molecule has 4 nitrogen and oxygen atoms in total. The average molecular weight is 390 g/mol. The van der Waals surface area contributed by atoms with Crippen LogP contribution in [0.1, 0.15) is 36.1 Å². The first kappa shape index (κ1) is 19.2. The van der Waals surface area contributed by atoms with Crippen LogP contribution in [0.25, 0.3) is 0 Å². The van der Waals surface area contributed by atoms with Crippen LogP contribution in [-0.2, 0) is 13.0 Å². The predicted octanol–water partition coefficient (Wildman–Crippen LogP) is 5.74. The van der Waals surface area contributed by atoms with Gasteiger partial charge in [0.2, 0.25) is 0 Å². The van der Waals surface area contributed by atoms with E-state index in [4.69, 9.17) is 18.9 Å². The van der Waals surface area contributed by atoms with Gasteiger partial charge in [-0.15, -0.1) is 0 Å². The van der Waals surface area contributed by atoms with Crippen LogP contribution in [0.2, 0.25) is 0 Å². The summed E-state index contributed by atoms with van der Waals surface area (Å²) in [7, 11) is 1.66. The highest BCUT2D eigenvalue weighted by atomic mass is 16.5. The van der Waals surface area contributed by atoms with E-state index in [-0.39, 0.29) is 6.10 Å². The van der Waals surface area contributed by atoms with Crippen LogP contribution >= 0.6 is 0 Å².